The molecule has 3 rings (SSSR count). The van der Waals surface area contributed by atoms with Gasteiger partial charge in [0.25, 0.3) is 0 Å². The molecule has 0 aliphatic carbocycles. The molecule has 0 spiro atoms. The second-order valence-electron chi connectivity index (χ2n) is 4.10. The molecule has 0 saturated carbocycles. The van der Waals surface area contributed by atoms with Gasteiger partial charge in [-0.25, -0.2) is 6.07 Å². The van der Waals surface area contributed by atoms with E-state index in [0.29, 0.717) is 0 Å². The standard InChI is InChI=1S/C16H11N2O.CH4.W.H2/c19-16-10-9-13(15-8-4-5-11-17-15)12-18(16)14-6-2-1-3-7-14;;;/h1-9,11-12H;1H4;;1H/q-1;;;/i;;;1+1. The molecule has 0 aliphatic rings. The predicted octanol–water partition coefficient (Wildman–Crippen LogP) is 3.58. The average Bonchev–Trinajstić information content (AvgIpc) is 2.49. The molecule has 4 heteroatoms. The molecule has 0 amide bonds. The molecule has 108 valence electrons. The average molecular weight is 450 g/mol. The summed E-state index contributed by atoms with van der Waals surface area (Å²) in [5.74, 6) is 0. The molecule has 21 heavy (non-hydrogen) atoms. The third-order valence-corrected chi connectivity index (χ3v) is 2.83. The van der Waals surface area contributed by atoms with Gasteiger partial charge in [0.2, 0.25) is 0 Å². The SMILES string of the molecule is C.O=c1[c-]cc(-c2ccccn2)cn1-c1ccccc1.[2HH].[W]. The fraction of sp³-hybridized carbons (Fsp3) is 0.0588. The Morgan fingerprint density at radius 1 is 1.05 bits per heavy atom. The van der Waals surface area contributed by atoms with E-state index in [1.165, 1.54) is 0 Å². The molecular weight excluding hydrogens is 432 g/mol. The van der Waals surface area contributed by atoms with Crippen LogP contribution in [0.5, 0.6) is 0 Å². The van der Waals surface area contributed by atoms with Gasteiger partial charge in [-0.3, -0.25) is 9.78 Å². The zero-order valence-electron chi connectivity index (χ0n) is 10.6. The van der Waals surface area contributed by atoms with Crippen molar-refractivity contribution in [2.75, 3.05) is 0 Å². The zero-order valence-corrected chi connectivity index (χ0v) is 13.5. The van der Waals surface area contributed by atoms with Crippen molar-refractivity contribution in [2.24, 2.45) is 0 Å². The Balaban J connectivity index is 0.00000147. The minimum Gasteiger partial charge on any atom is -0.317 e. The van der Waals surface area contributed by atoms with E-state index >= 15 is 0 Å². The van der Waals surface area contributed by atoms with Gasteiger partial charge >= 0.3 is 0 Å². The summed E-state index contributed by atoms with van der Waals surface area (Å²) in [5, 5.41) is 0. The molecule has 0 fully saturated rings. The molecule has 1 aromatic carbocycles. The van der Waals surface area contributed by atoms with Crippen LogP contribution in [0.15, 0.2) is 71.8 Å². The summed E-state index contributed by atoms with van der Waals surface area (Å²) >= 11 is 0. The summed E-state index contributed by atoms with van der Waals surface area (Å²) in [6.45, 7) is 0. The van der Waals surface area contributed by atoms with E-state index in [1.54, 1.807) is 23.0 Å². The Morgan fingerprint density at radius 2 is 1.76 bits per heavy atom. The Kier molecular flexibility index (Phi) is 6.26. The van der Waals surface area contributed by atoms with Gasteiger partial charge in [-0.1, -0.05) is 44.0 Å². The van der Waals surface area contributed by atoms with Gasteiger partial charge < -0.3 is 4.57 Å². The Labute approximate surface area is 140 Å². The molecule has 2 heterocycles. The van der Waals surface area contributed by atoms with Gasteiger partial charge in [0.05, 0.1) is 0 Å². The van der Waals surface area contributed by atoms with Crippen molar-refractivity contribution in [1.29, 1.82) is 0 Å². The maximum atomic E-state index is 11.9. The second-order valence-corrected chi connectivity index (χ2v) is 4.10. The van der Waals surface area contributed by atoms with Crippen LogP contribution in [0, 0.1) is 6.07 Å². The summed E-state index contributed by atoms with van der Waals surface area (Å²) in [6, 6.07) is 19.6. The van der Waals surface area contributed by atoms with Crippen LogP contribution in [-0.4, -0.2) is 9.55 Å². The molecule has 3 aromatic rings. The van der Waals surface area contributed by atoms with Crippen LogP contribution in [0.4, 0.5) is 0 Å². The zero-order chi connectivity index (χ0) is 13.1. The number of hydrogen-bond acceptors (Lipinski definition) is 2. The van der Waals surface area contributed by atoms with Crippen LogP contribution in [0.3, 0.4) is 0 Å². The van der Waals surface area contributed by atoms with Crippen molar-refractivity contribution in [3.8, 4) is 16.9 Å². The van der Waals surface area contributed by atoms with E-state index in [4.69, 9.17) is 0 Å². The minimum atomic E-state index is -0.175. The van der Waals surface area contributed by atoms with Crippen LogP contribution < -0.4 is 5.56 Å². The van der Waals surface area contributed by atoms with Gasteiger partial charge in [-0.2, -0.15) is 6.07 Å². The van der Waals surface area contributed by atoms with Crippen LogP contribution in [0.2, 0.25) is 0 Å². The molecule has 0 bridgehead atoms. The molecule has 0 atom stereocenters. The third-order valence-electron chi connectivity index (χ3n) is 2.83. The van der Waals surface area contributed by atoms with Crippen molar-refractivity contribution in [2.45, 2.75) is 7.43 Å². The maximum Gasteiger partial charge on any atom is 0.162 e. The molecule has 3 nitrogen and oxygen atoms in total. The van der Waals surface area contributed by atoms with E-state index in [9.17, 15) is 4.79 Å². The Bertz CT molecular complexity index is 745. The van der Waals surface area contributed by atoms with Gasteiger partial charge in [-0.05, 0) is 23.9 Å². The first-order valence-electron chi connectivity index (χ1n) is 5.96. The number of nitrogens with zero attached hydrogens (tertiary/aromatic N) is 2. The normalized spacial score (nSPS) is 9.33. The quantitative estimate of drug-likeness (QED) is 0.560. The van der Waals surface area contributed by atoms with Crippen molar-refractivity contribution < 1.29 is 22.5 Å². The Hall–Kier alpha value is -1.99. The summed E-state index contributed by atoms with van der Waals surface area (Å²) in [6.07, 6.45) is 3.52. The largest absolute Gasteiger partial charge is 0.317 e. The van der Waals surface area contributed by atoms with Crippen molar-refractivity contribution in [3.63, 3.8) is 0 Å². The molecule has 0 unspecified atom stereocenters. The van der Waals surface area contributed by atoms with Crippen LogP contribution in [-0.2, 0) is 21.1 Å². The van der Waals surface area contributed by atoms with Crippen molar-refractivity contribution in [3.05, 3.63) is 83.4 Å². The van der Waals surface area contributed by atoms with E-state index < -0.39 is 0 Å². The second kappa shape index (κ2) is 7.70. The summed E-state index contributed by atoms with van der Waals surface area (Å²) in [7, 11) is 0. The predicted molar refractivity (Wildman–Crippen MR) is 83.0 cm³/mol. The number of rotatable bonds is 2. The van der Waals surface area contributed by atoms with Gasteiger partial charge in [-0.15, -0.1) is 5.56 Å². The first kappa shape index (κ1) is 17.1. The number of para-hydroxylation sites is 1. The topological polar surface area (TPSA) is 34.9 Å². The number of hydrogen-bond donors (Lipinski definition) is 0. The van der Waals surface area contributed by atoms with Gasteiger partial charge in [0, 0.05) is 34.4 Å². The fourth-order valence-electron chi connectivity index (χ4n) is 1.90. The number of benzene rings is 1. The van der Waals surface area contributed by atoms with E-state index in [-0.39, 0.29) is 35.5 Å². The Morgan fingerprint density at radius 3 is 2.43 bits per heavy atom. The van der Waals surface area contributed by atoms with E-state index in [2.05, 4.69) is 11.1 Å². The van der Waals surface area contributed by atoms with Gasteiger partial charge in [0.1, 0.15) is 0 Å². The number of aromatic nitrogens is 2. The monoisotopic (exact) mass is 450 g/mol. The molecule has 0 radical (unpaired) electrons. The summed E-state index contributed by atoms with van der Waals surface area (Å²) in [5.41, 5.74) is 2.33. The van der Waals surface area contributed by atoms with E-state index in [0.717, 1.165) is 16.9 Å². The minimum absolute atomic E-state index is 0. The molecule has 0 N–H and O–H groups in total. The first-order valence-corrected chi connectivity index (χ1v) is 5.96. The smallest absolute Gasteiger partial charge is 0.162 e. The number of pyridine rings is 2. The molecular formula is C17H17N2OW-. The summed E-state index contributed by atoms with van der Waals surface area (Å²) < 4.78 is 1.57. The third kappa shape index (κ3) is 3.77. The van der Waals surface area contributed by atoms with Crippen molar-refractivity contribution >= 4 is 0 Å². The molecule has 2 aromatic heterocycles. The van der Waals surface area contributed by atoms with Crippen LogP contribution in [0.25, 0.3) is 16.9 Å². The van der Waals surface area contributed by atoms with E-state index in [1.807, 2.05) is 48.5 Å². The molecule has 0 saturated heterocycles. The molecule has 0 aliphatic heterocycles. The van der Waals surface area contributed by atoms with Crippen molar-refractivity contribution in [1.82, 2.24) is 9.55 Å². The van der Waals surface area contributed by atoms with Crippen LogP contribution >= 0.6 is 0 Å². The maximum absolute atomic E-state index is 11.9. The summed E-state index contributed by atoms with van der Waals surface area (Å²) in [4.78, 5) is 16.2. The first-order chi connectivity index (χ1) is 9.34. The van der Waals surface area contributed by atoms with Gasteiger partial charge in [0.15, 0.2) is 5.56 Å². The fourth-order valence-corrected chi connectivity index (χ4v) is 1.90. The van der Waals surface area contributed by atoms with Crippen LogP contribution in [0.1, 0.15) is 8.85 Å².